The summed E-state index contributed by atoms with van der Waals surface area (Å²) >= 11 is 5.85. The van der Waals surface area contributed by atoms with Gasteiger partial charge in [0.1, 0.15) is 0 Å². The summed E-state index contributed by atoms with van der Waals surface area (Å²) in [7, 11) is -3.12. The van der Waals surface area contributed by atoms with Gasteiger partial charge in [0.2, 0.25) is 0 Å². The van der Waals surface area contributed by atoms with E-state index in [4.69, 9.17) is 17.3 Å². The molecule has 3 N–H and O–H groups in total. The Balaban J connectivity index is 2.30. The molecule has 0 heterocycles. The molecular formula is C13H19ClN2O2S. The first-order chi connectivity index (χ1) is 8.87. The molecule has 106 valence electrons. The maximum atomic E-state index is 11.9. The average Bonchev–Trinajstić information content (AvgIpc) is 2.76. The van der Waals surface area contributed by atoms with Crippen LogP contribution in [0.4, 0.5) is 5.69 Å². The Hall–Kier alpha value is -0.780. The van der Waals surface area contributed by atoms with Crippen molar-refractivity contribution >= 4 is 27.1 Å². The minimum absolute atomic E-state index is 0.299. The van der Waals surface area contributed by atoms with Gasteiger partial charge < -0.3 is 11.1 Å². The highest BCUT2D eigenvalue weighted by atomic mass is 35.5. The second kappa shape index (κ2) is 5.31. The Morgan fingerprint density at radius 1 is 1.42 bits per heavy atom. The van der Waals surface area contributed by atoms with Crippen LogP contribution in [-0.4, -0.2) is 32.0 Å². The zero-order chi connectivity index (χ0) is 14.1. The van der Waals surface area contributed by atoms with E-state index in [1.165, 1.54) is 6.26 Å². The van der Waals surface area contributed by atoms with Gasteiger partial charge in [-0.05, 0) is 43.5 Å². The maximum absolute atomic E-state index is 11.9. The van der Waals surface area contributed by atoms with Crippen molar-refractivity contribution in [1.29, 1.82) is 0 Å². The summed E-state index contributed by atoms with van der Waals surface area (Å²) in [6.07, 6.45) is 3.59. The fourth-order valence-corrected chi connectivity index (χ4v) is 4.73. The smallest absolute Gasteiger partial charge is 0.152 e. The van der Waals surface area contributed by atoms with Crippen LogP contribution in [0.15, 0.2) is 24.3 Å². The standard InChI is InChI=1S/C13H19ClN2O2S/c1-19(17,18)12-3-2-8-13(12,9-15)16-11-6-4-10(14)5-7-11/h4-7,12,16H,2-3,8-9,15H2,1H3. The largest absolute Gasteiger partial charge is 0.377 e. The first kappa shape index (κ1) is 14.6. The number of anilines is 1. The first-order valence-electron chi connectivity index (χ1n) is 6.30. The van der Waals surface area contributed by atoms with Gasteiger partial charge in [0.05, 0.1) is 10.8 Å². The quantitative estimate of drug-likeness (QED) is 0.893. The second-order valence-corrected chi connectivity index (χ2v) is 7.87. The Kier molecular flexibility index (Phi) is 4.08. The third kappa shape index (κ3) is 3.04. The normalized spacial score (nSPS) is 27.4. The van der Waals surface area contributed by atoms with Crippen molar-refractivity contribution in [3.8, 4) is 0 Å². The maximum Gasteiger partial charge on any atom is 0.152 e. The molecular weight excluding hydrogens is 284 g/mol. The van der Waals surface area contributed by atoms with Gasteiger partial charge in [-0.25, -0.2) is 8.42 Å². The van der Waals surface area contributed by atoms with E-state index in [-0.39, 0.29) is 0 Å². The van der Waals surface area contributed by atoms with Crippen molar-refractivity contribution < 1.29 is 8.42 Å². The van der Waals surface area contributed by atoms with Crippen LogP contribution in [0.5, 0.6) is 0 Å². The van der Waals surface area contributed by atoms with Gasteiger partial charge in [-0.1, -0.05) is 11.6 Å². The predicted molar refractivity (Wildman–Crippen MR) is 79.3 cm³/mol. The molecule has 6 heteroatoms. The van der Waals surface area contributed by atoms with E-state index in [1.807, 2.05) is 12.1 Å². The lowest BCUT2D eigenvalue weighted by Gasteiger charge is -2.35. The van der Waals surface area contributed by atoms with Crippen molar-refractivity contribution in [1.82, 2.24) is 0 Å². The van der Waals surface area contributed by atoms with Crippen molar-refractivity contribution in [2.75, 3.05) is 18.1 Å². The summed E-state index contributed by atoms with van der Waals surface area (Å²) < 4.78 is 23.9. The molecule has 0 aromatic heterocycles. The number of halogens is 1. The molecule has 1 saturated carbocycles. The van der Waals surface area contributed by atoms with Gasteiger partial charge >= 0.3 is 0 Å². The van der Waals surface area contributed by atoms with Crippen LogP contribution in [0.3, 0.4) is 0 Å². The molecule has 0 bridgehead atoms. The molecule has 0 aliphatic heterocycles. The summed E-state index contributed by atoms with van der Waals surface area (Å²) in [5.41, 5.74) is 6.16. The molecule has 1 aliphatic rings. The fourth-order valence-electron chi connectivity index (χ4n) is 2.91. The molecule has 1 aromatic rings. The molecule has 0 amide bonds. The molecule has 0 saturated heterocycles. The number of benzene rings is 1. The SMILES string of the molecule is CS(=O)(=O)C1CCCC1(CN)Nc1ccc(Cl)cc1. The fraction of sp³-hybridized carbons (Fsp3) is 0.538. The van der Waals surface area contributed by atoms with Crippen LogP contribution in [-0.2, 0) is 9.84 Å². The lowest BCUT2D eigenvalue weighted by atomic mass is 9.97. The van der Waals surface area contributed by atoms with E-state index >= 15 is 0 Å². The molecule has 0 spiro atoms. The molecule has 0 radical (unpaired) electrons. The third-order valence-corrected chi connectivity index (χ3v) is 5.80. The lowest BCUT2D eigenvalue weighted by molar-refractivity contribution is 0.479. The summed E-state index contributed by atoms with van der Waals surface area (Å²) in [6, 6.07) is 7.24. The monoisotopic (exact) mass is 302 g/mol. The molecule has 1 aliphatic carbocycles. The topological polar surface area (TPSA) is 72.2 Å². The van der Waals surface area contributed by atoms with E-state index < -0.39 is 20.6 Å². The number of hydrogen-bond acceptors (Lipinski definition) is 4. The van der Waals surface area contributed by atoms with Crippen molar-refractivity contribution in [2.24, 2.45) is 5.73 Å². The van der Waals surface area contributed by atoms with Crippen molar-refractivity contribution in [3.05, 3.63) is 29.3 Å². The number of nitrogens with two attached hydrogens (primary N) is 1. The van der Waals surface area contributed by atoms with Crippen LogP contribution in [0.25, 0.3) is 0 Å². The number of nitrogens with one attached hydrogen (secondary N) is 1. The summed E-state index contributed by atoms with van der Waals surface area (Å²) in [5.74, 6) is 0. The predicted octanol–water partition coefficient (Wildman–Crippen LogP) is 2.05. The first-order valence-corrected chi connectivity index (χ1v) is 8.63. The molecule has 2 unspecified atom stereocenters. The molecule has 19 heavy (non-hydrogen) atoms. The van der Waals surface area contributed by atoms with Crippen molar-refractivity contribution in [3.63, 3.8) is 0 Å². The summed E-state index contributed by atoms with van der Waals surface area (Å²) in [4.78, 5) is 0. The van der Waals surface area contributed by atoms with Crippen LogP contribution < -0.4 is 11.1 Å². The molecule has 2 rings (SSSR count). The minimum atomic E-state index is -3.12. The number of sulfone groups is 1. The third-order valence-electron chi connectivity index (χ3n) is 3.82. The van der Waals surface area contributed by atoms with E-state index in [9.17, 15) is 8.42 Å². The molecule has 1 aromatic carbocycles. The zero-order valence-corrected chi connectivity index (χ0v) is 12.5. The Bertz CT molecular complexity index is 544. The Labute approximate surface area is 119 Å². The highest BCUT2D eigenvalue weighted by Gasteiger charge is 2.47. The van der Waals surface area contributed by atoms with E-state index in [0.717, 1.165) is 18.5 Å². The van der Waals surface area contributed by atoms with Crippen LogP contribution in [0.2, 0.25) is 5.02 Å². The molecule has 2 atom stereocenters. The van der Waals surface area contributed by atoms with Crippen molar-refractivity contribution in [2.45, 2.75) is 30.1 Å². The van der Waals surface area contributed by atoms with Crippen LogP contribution in [0.1, 0.15) is 19.3 Å². The highest BCUT2D eigenvalue weighted by molar-refractivity contribution is 7.91. The van der Waals surface area contributed by atoms with Gasteiger partial charge in [-0.15, -0.1) is 0 Å². The lowest BCUT2D eigenvalue weighted by Crippen LogP contribution is -2.54. The van der Waals surface area contributed by atoms with Crippen LogP contribution in [0, 0.1) is 0 Å². The van der Waals surface area contributed by atoms with Gasteiger partial charge in [0.15, 0.2) is 9.84 Å². The summed E-state index contributed by atoms with van der Waals surface area (Å²) in [6.45, 7) is 0.299. The van der Waals surface area contributed by atoms with Gasteiger partial charge in [0.25, 0.3) is 0 Å². The second-order valence-electron chi connectivity index (χ2n) is 5.20. The van der Waals surface area contributed by atoms with E-state index in [2.05, 4.69) is 5.32 Å². The van der Waals surface area contributed by atoms with E-state index in [1.54, 1.807) is 12.1 Å². The van der Waals surface area contributed by atoms with Crippen LogP contribution >= 0.6 is 11.6 Å². The zero-order valence-electron chi connectivity index (χ0n) is 10.9. The Morgan fingerprint density at radius 2 is 2.05 bits per heavy atom. The minimum Gasteiger partial charge on any atom is -0.377 e. The molecule has 1 fully saturated rings. The highest BCUT2D eigenvalue weighted by Crippen LogP contribution is 2.37. The number of rotatable bonds is 4. The average molecular weight is 303 g/mol. The Morgan fingerprint density at radius 3 is 2.58 bits per heavy atom. The van der Waals surface area contributed by atoms with Gasteiger partial charge in [-0.2, -0.15) is 0 Å². The van der Waals surface area contributed by atoms with Gasteiger partial charge in [-0.3, -0.25) is 0 Å². The summed E-state index contributed by atoms with van der Waals surface area (Å²) in [5, 5.41) is 3.55. The number of hydrogen-bond donors (Lipinski definition) is 2. The van der Waals surface area contributed by atoms with E-state index in [0.29, 0.717) is 18.0 Å². The molecule has 4 nitrogen and oxygen atoms in total. The van der Waals surface area contributed by atoms with Gasteiger partial charge in [0, 0.05) is 23.5 Å².